The summed E-state index contributed by atoms with van der Waals surface area (Å²) in [5.41, 5.74) is 3.52. The van der Waals surface area contributed by atoms with Crippen molar-refractivity contribution in [2.45, 2.75) is 63.5 Å². The van der Waals surface area contributed by atoms with Crippen molar-refractivity contribution in [1.82, 2.24) is 23.9 Å². The van der Waals surface area contributed by atoms with Crippen molar-refractivity contribution in [3.8, 4) is 5.88 Å². The number of aryl methyl sites for hydroxylation is 2. The smallest absolute Gasteiger partial charge is 0.304 e. The van der Waals surface area contributed by atoms with Gasteiger partial charge in [-0.1, -0.05) is 25.1 Å². The topological polar surface area (TPSA) is 127 Å². The van der Waals surface area contributed by atoms with Gasteiger partial charge in [0.2, 0.25) is 21.7 Å². The predicted octanol–water partition coefficient (Wildman–Crippen LogP) is 4.65. The first-order valence-corrected chi connectivity index (χ1v) is 14.5. The van der Waals surface area contributed by atoms with Crippen LogP contribution in [0.5, 0.6) is 5.88 Å². The third-order valence-corrected chi connectivity index (χ3v) is 9.28. The molecule has 1 aliphatic rings. The van der Waals surface area contributed by atoms with Gasteiger partial charge in [-0.3, -0.25) is 9.20 Å². The Morgan fingerprint density at radius 3 is 2.68 bits per heavy atom. The number of aromatic nitrogens is 4. The lowest BCUT2D eigenvalue weighted by Crippen LogP contribution is -2.36. The van der Waals surface area contributed by atoms with Crippen LogP contribution >= 0.6 is 0 Å². The summed E-state index contributed by atoms with van der Waals surface area (Å²) in [6.45, 7) is 5.62. The third-order valence-electron chi connectivity index (χ3n) is 7.46. The molecule has 2 atom stereocenters. The Bertz CT molecular complexity index is 1730. The van der Waals surface area contributed by atoms with Crippen LogP contribution in [0.4, 0.5) is 8.78 Å². The molecule has 10 nitrogen and oxygen atoms in total. The Balaban J connectivity index is 1.56. The molecule has 0 aliphatic carbocycles. The SMILES string of the molecule is CC[C@@H]1CN(Cc2cc([C@H](CC(=O)O)c3ccn4c(C(F)F)nnc4c3C)ccc2C)S(=O)(=O)c2cccnc2O1. The molecule has 4 heterocycles. The molecule has 5 rings (SSSR count). The van der Waals surface area contributed by atoms with Gasteiger partial charge in [0, 0.05) is 24.9 Å². The van der Waals surface area contributed by atoms with Crippen LogP contribution in [0.2, 0.25) is 0 Å². The maximum absolute atomic E-state index is 13.7. The van der Waals surface area contributed by atoms with Gasteiger partial charge in [-0.05, 0) is 66.3 Å². The van der Waals surface area contributed by atoms with Crippen molar-refractivity contribution in [2.75, 3.05) is 6.54 Å². The molecule has 1 N–H and O–H groups in total. The van der Waals surface area contributed by atoms with E-state index in [1.54, 1.807) is 25.1 Å². The number of carbonyl (C=O) groups is 1. The summed E-state index contributed by atoms with van der Waals surface area (Å²) in [7, 11) is -3.94. The zero-order valence-corrected chi connectivity index (χ0v) is 23.5. The number of aliphatic carboxylic acids is 1. The first-order valence-electron chi connectivity index (χ1n) is 13.1. The zero-order chi connectivity index (χ0) is 29.5. The lowest BCUT2D eigenvalue weighted by Gasteiger charge is -2.25. The van der Waals surface area contributed by atoms with E-state index < -0.39 is 40.3 Å². The van der Waals surface area contributed by atoms with Gasteiger partial charge in [-0.25, -0.2) is 22.2 Å². The number of nitrogens with zero attached hydrogens (tertiary/aromatic N) is 5. The molecule has 4 aromatic rings. The lowest BCUT2D eigenvalue weighted by molar-refractivity contribution is -0.137. The molecule has 0 unspecified atom stereocenters. The van der Waals surface area contributed by atoms with Crippen LogP contribution in [0, 0.1) is 13.8 Å². The molecule has 1 aromatic carbocycles. The lowest BCUT2D eigenvalue weighted by atomic mass is 9.85. The molecule has 0 fully saturated rings. The summed E-state index contributed by atoms with van der Waals surface area (Å²) in [6, 6.07) is 10.1. The summed E-state index contributed by atoms with van der Waals surface area (Å²) in [4.78, 5) is 16.1. The number of rotatable bonds is 8. The molecule has 0 saturated heterocycles. The molecule has 0 saturated carbocycles. The monoisotopic (exact) mass is 585 g/mol. The Hall–Kier alpha value is -3.97. The van der Waals surface area contributed by atoms with E-state index in [4.69, 9.17) is 4.74 Å². The minimum atomic E-state index is -3.94. The normalized spacial score (nSPS) is 17.7. The van der Waals surface area contributed by atoms with Gasteiger partial charge in [0.05, 0.1) is 13.0 Å². The van der Waals surface area contributed by atoms with E-state index in [0.717, 1.165) is 5.56 Å². The summed E-state index contributed by atoms with van der Waals surface area (Å²) in [5.74, 6) is -2.12. The van der Waals surface area contributed by atoms with Crippen LogP contribution in [-0.2, 0) is 21.4 Å². The van der Waals surface area contributed by atoms with Crippen molar-refractivity contribution in [2.24, 2.45) is 0 Å². The van der Waals surface area contributed by atoms with Crippen molar-refractivity contribution >= 4 is 21.6 Å². The Morgan fingerprint density at radius 2 is 1.98 bits per heavy atom. The summed E-state index contributed by atoms with van der Waals surface area (Å²) >= 11 is 0. The number of halogens is 2. The summed E-state index contributed by atoms with van der Waals surface area (Å²) in [6.07, 6.45) is -0.0226. The average Bonchev–Trinajstić information content (AvgIpc) is 3.34. The van der Waals surface area contributed by atoms with Gasteiger partial charge in [0.15, 0.2) is 5.65 Å². The molecule has 0 amide bonds. The molecular weight excluding hydrogens is 556 g/mol. The molecule has 3 aromatic heterocycles. The maximum atomic E-state index is 13.7. The van der Waals surface area contributed by atoms with E-state index in [9.17, 15) is 27.1 Å². The minimum Gasteiger partial charge on any atom is -0.481 e. The fourth-order valence-electron chi connectivity index (χ4n) is 5.17. The van der Waals surface area contributed by atoms with Crippen molar-refractivity contribution in [1.29, 1.82) is 0 Å². The molecule has 41 heavy (non-hydrogen) atoms. The van der Waals surface area contributed by atoms with E-state index in [1.165, 1.54) is 27.2 Å². The standard InChI is InChI=1S/C28H29F2N5O5S/c1-4-20-15-34(41(38,39)23-6-5-10-31-28(23)40-20)14-19-12-18(8-7-16(19)2)22(13-24(36)37)21-9-11-35-26(17(21)3)32-33-27(35)25(29)30/h5-12,20,22,25H,4,13-15H2,1-3H3,(H,36,37)/t20-,22+/m1/s1. The number of carboxylic acids is 1. The molecule has 216 valence electrons. The number of hydrogen-bond acceptors (Lipinski definition) is 7. The zero-order valence-electron chi connectivity index (χ0n) is 22.7. The maximum Gasteiger partial charge on any atom is 0.304 e. The highest BCUT2D eigenvalue weighted by Crippen LogP contribution is 2.35. The van der Waals surface area contributed by atoms with E-state index >= 15 is 0 Å². The number of hydrogen-bond donors (Lipinski definition) is 1. The second kappa shape index (κ2) is 11.1. The fourth-order valence-corrected chi connectivity index (χ4v) is 6.70. The quantitative estimate of drug-likeness (QED) is 0.317. The predicted molar refractivity (Wildman–Crippen MR) is 144 cm³/mol. The first-order chi connectivity index (χ1) is 19.5. The third kappa shape index (κ3) is 5.38. The molecule has 13 heteroatoms. The van der Waals surface area contributed by atoms with E-state index in [-0.39, 0.29) is 35.9 Å². The molecule has 0 bridgehead atoms. The fraction of sp³-hybridized carbons (Fsp3) is 0.357. The Morgan fingerprint density at radius 1 is 1.20 bits per heavy atom. The van der Waals surface area contributed by atoms with E-state index in [2.05, 4.69) is 15.2 Å². The summed E-state index contributed by atoms with van der Waals surface area (Å²) < 4.78 is 62.6. The molecule has 1 aliphatic heterocycles. The number of benzene rings is 1. The van der Waals surface area contributed by atoms with Crippen LogP contribution in [0.1, 0.15) is 65.8 Å². The van der Waals surface area contributed by atoms with Crippen LogP contribution in [0.3, 0.4) is 0 Å². The van der Waals surface area contributed by atoms with Gasteiger partial charge < -0.3 is 9.84 Å². The first kappa shape index (κ1) is 28.6. The van der Waals surface area contributed by atoms with Crippen LogP contribution in [0.15, 0.2) is 53.7 Å². The van der Waals surface area contributed by atoms with Gasteiger partial charge in [-0.2, -0.15) is 4.31 Å². The highest BCUT2D eigenvalue weighted by molar-refractivity contribution is 7.89. The second-order valence-electron chi connectivity index (χ2n) is 10.0. The largest absolute Gasteiger partial charge is 0.481 e. The van der Waals surface area contributed by atoms with Crippen molar-refractivity contribution in [3.63, 3.8) is 0 Å². The molecule has 0 spiro atoms. The highest BCUT2D eigenvalue weighted by Gasteiger charge is 2.35. The molecule has 0 radical (unpaired) electrons. The number of carboxylic acid groups (broad SMARTS) is 1. The van der Waals surface area contributed by atoms with Crippen LogP contribution in [0.25, 0.3) is 5.65 Å². The van der Waals surface area contributed by atoms with E-state index in [0.29, 0.717) is 28.7 Å². The molecular formula is C28H29F2N5O5S. The Kier molecular flexibility index (Phi) is 7.75. The van der Waals surface area contributed by atoms with Crippen LogP contribution < -0.4 is 4.74 Å². The number of sulfonamides is 1. The minimum absolute atomic E-state index is 0.00564. The number of pyridine rings is 2. The van der Waals surface area contributed by atoms with Gasteiger partial charge in [0.1, 0.15) is 11.0 Å². The number of fused-ring (bicyclic) bond motifs is 2. The van der Waals surface area contributed by atoms with E-state index in [1.807, 2.05) is 26.0 Å². The second-order valence-corrected chi connectivity index (χ2v) is 11.9. The van der Waals surface area contributed by atoms with Crippen LogP contribution in [-0.4, -0.2) is 56.0 Å². The van der Waals surface area contributed by atoms with Gasteiger partial charge in [-0.15, -0.1) is 10.2 Å². The Labute approximate surface area is 235 Å². The summed E-state index contributed by atoms with van der Waals surface area (Å²) in [5, 5.41) is 17.3. The van der Waals surface area contributed by atoms with Gasteiger partial charge in [0.25, 0.3) is 6.43 Å². The average molecular weight is 586 g/mol. The van der Waals surface area contributed by atoms with Crippen molar-refractivity contribution in [3.05, 3.63) is 82.4 Å². The number of ether oxygens (including phenoxy) is 1. The van der Waals surface area contributed by atoms with Crippen molar-refractivity contribution < 1.29 is 31.8 Å². The number of alkyl halides is 2. The highest BCUT2D eigenvalue weighted by atomic mass is 32.2. The van der Waals surface area contributed by atoms with Gasteiger partial charge >= 0.3 is 5.97 Å².